The Morgan fingerprint density at radius 3 is 2.57 bits per heavy atom. The Kier molecular flexibility index (Phi) is 4.41. The minimum Gasteiger partial charge on any atom is -0.497 e. The molecule has 6 nitrogen and oxygen atoms in total. The van der Waals surface area contributed by atoms with Crippen LogP contribution in [-0.2, 0) is 6.54 Å². The van der Waals surface area contributed by atoms with E-state index in [2.05, 4.69) is 15.3 Å². The Morgan fingerprint density at radius 2 is 1.87 bits per heavy atom. The van der Waals surface area contributed by atoms with E-state index in [0.717, 1.165) is 28.0 Å². The predicted molar refractivity (Wildman–Crippen MR) is 89.7 cm³/mol. The maximum Gasteiger partial charge on any atom is 0.488 e. The van der Waals surface area contributed by atoms with E-state index in [4.69, 9.17) is 14.8 Å². The molecule has 3 N–H and O–H groups in total. The highest BCUT2D eigenvalue weighted by Crippen LogP contribution is 2.24. The molecule has 2 aromatic carbocycles. The van der Waals surface area contributed by atoms with Crippen molar-refractivity contribution in [2.75, 3.05) is 12.4 Å². The third-order valence-corrected chi connectivity index (χ3v) is 3.58. The zero-order valence-electron chi connectivity index (χ0n) is 12.6. The number of anilines is 1. The molecule has 0 amide bonds. The van der Waals surface area contributed by atoms with E-state index in [1.807, 2.05) is 30.3 Å². The van der Waals surface area contributed by atoms with Crippen LogP contribution in [0, 0.1) is 0 Å². The van der Waals surface area contributed by atoms with Gasteiger partial charge in [0.1, 0.15) is 17.9 Å². The average Bonchev–Trinajstić information content (AvgIpc) is 2.59. The van der Waals surface area contributed by atoms with Gasteiger partial charge in [-0.2, -0.15) is 0 Å². The van der Waals surface area contributed by atoms with Crippen molar-refractivity contribution in [3.05, 3.63) is 54.4 Å². The molecule has 0 atom stereocenters. The second-order valence-corrected chi connectivity index (χ2v) is 5.07. The number of nitrogens with one attached hydrogen (secondary N) is 1. The SMILES string of the molecule is COc1ccc2ncnc(NCc3ccc(B(O)O)cc3)c2c1. The number of aromatic nitrogens is 2. The van der Waals surface area contributed by atoms with Crippen molar-refractivity contribution in [1.29, 1.82) is 0 Å². The minimum atomic E-state index is -1.45. The second-order valence-electron chi connectivity index (χ2n) is 5.07. The lowest BCUT2D eigenvalue weighted by molar-refractivity contribution is 0.415. The number of nitrogens with zero attached hydrogens (tertiary/aromatic N) is 2. The topological polar surface area (TPSA) is 87.5 Å². The molecule has 3 rings (SSSR count). The Balaban J connectivity index is 1.81. The van der Waals surface area contributed by atoms with Crippen LogP contribution in [0.15, 0.2) is 48.8 Å². The molecule has 1 heterocycles. The van der Waals surface area contributed by atoms with Gasteiger partial charge >= 0.3 is 7.12 Å². The van der Waals surface area contributed by atoms with Gasteiger partial charge in [-0.15, -0.1) is 0 Å². The molecule has 0 saturated carbocycles. The number of benzene rings is 2. The van der Waals surface area contributed by atoms with Crippen molar-refractivity contribution in [2.45, 2.75) is 6.54 Å². The summed E-state index contributed by atoms with van der Waals surface area (Å²) >= 11 is 0. The third kappa shape index (κ3) is 3.41. The first-order chi connectivity index (χ1) is 11.2. The molecule has 0 aliphatic carbocycles. The van der Waals surface area contributed by atoms with Crippen molar-refractivity contribution >= 4 is 29.3 Å². The van der Waals surface area contributed by atoms with Gasteiger partial charge in [-0.1, -0.05) is 24.3 Å². The van der Waals surface area contributed by atoms with E-state index >= 15 is 0 Å². The summed E-state index contributed by atoms with van der Waals surface area (Å²) in [5, 5.41) is 22.4. The summed E-state index contributed by atoms with van der Waals surface area (Å²) in [6.45, 7) is 0.561. The van der Waals surface area contributed by atoms with Crippen molar-refractivity contribution < 1.29 is 14.8 Å². The number of hydrogen-bond donors (Lipinski definition) is 3. The zero-order valence-corrected chi connectivity index (χ0v) is 12.6. The molecule has 0 aliphatic heterocycles. The van der Waals surface area contributed by atoms with Crippen molar-refractivity contribution in [1.82, 2.24) is 9.97 Å². The van der Waals surface area contributed by atoms with Crippen LogP contribution in [-0.4, -0.2) is 34.2 Å². The zero-order chi connectivity index (χ0) is 16.2. The van der Waals surface area contributed by atoms with Crippen molar-refractivity contribution in [2.24, 2.45) is 0 Å². The molecule has 0 fully saturated rings. The van der Waals surface area contributed by atoms with Crippen LogP contribution in [0.1, 0.15) is 5.56 Å². The molecule has 7 heteroatoms. The summed E-state index contributed by atoms with van der Waals surface area (Å²) < 4.78 is 5.24. The van der Waals surface area contributed by atoms with E-state index in [9.17, 15) is 0 Å². The Hall–Kier alpha value is -2.64. The van der Waals surface area contributed by atoms with Gasteiger partial charge in [-0.05, 0) is 29.2 Å². The van der Waals surface area contributed by atoms with Crippen LogP contribution >= 0.6 is 0 Å². The summed E-state index contributed by atoms with van der Waals surface area (Å²) in [6, 6.07) is 12.7. The predicted octanol–water partition coefficient (Wildman–Crippen LogP) is 0.930. The average molecular weight is 309 g/mol. The maximum absolute atomic E-state index is 9.10. The van der Waals surface area contributed by atoms with Gasteiger partial charge in [0.2, 0.25) is 0 Å². The van der Waals surface area contributed by atoms with Gasteiger partial charge in [0.15, 0.2) is 0 Å². The molecule has 0 aliphatic rings. The van der Waals surface area contributed by atoms with E-state index < -0.39 is 7.12 Å². The highest BCUT2D eigenvalue weighted by Gasteiger charge is 2.10. The van der Waals surface area contributed by atoms with Gasteiger partial charge in [0, 0.05) is 11.9 Å². The van der Waals surface area contributed by atoms with E-state index in [1.165, 1.54) is 6.33 Å². The fourth-order valence-electron chi connectivity index (χ4n) is 2.30. The Morgan fingerprint density at radius 1 is 1.09 bits per heavy atom. The standard InChI is InChI=1S/C16H16BN3O3/c1-23-13-6-7-15-14(8-13)16(20-10-19-15)18-9-11-2-4-12(5-3-11)17(21)22/h2-8,10,21-22H,9H2,1H3,(H,18,19,20). The van der Waals surface area contributed by atoms with Crippen LogP contribution in [0.5, 0.6) is 5.75 Å². The molecule has 3 aromatic rings. The Labute approximate surface area is 133 Å². The fraction of sp³-hybridized carbons (Fsp3) is 0.125. The lowest BCUT2D eigenvalue weighted by atomic mass is 9.80. The molecule has 0 bridgehead atoms. The monoisotopic (exact) mass is 309 g/mol. The number of ether oxygens (including phenoxy) is 1. The van der Waals surface area contributed by atoms with Crippen molar-refractivity contribution in [3.63, 3.8) is 0 Å². The first kappa shape index (κ1) is 15.3. The van der Waals surface area contributed by atoms with Crippen LogP contribution in [0.2, 0.25) is 0 Å². The maximum atomic E-state index is 9.10. The number of fused-ring (bicyclic) bond motifs is 1. The second kappa shape index (κ2) is 6.64. The highest BCUT2D eigenvalue weighted by molar-refractivity contribution is 6.58. The van der Waals surface area contributed by atoms with Gasteiger partial charge < -0.3 is 20.1 Å². The van der Waals surface area contributed by atoms with Crippen LogP contribution < -0.4 is 15.5 Å². The van der Waals surface area contributed by atoms with Crippen LogP contribution in [0.3, 0.4) is 0 Å². The molecule has 116 valence electrons. The summed E-state index contributed by atoms with van der Waals surface area (Å²) in [7, 11) is 0.171. The lowest BCUT2D eigenvalue weighted by Crippen LogP contribution is -2.29. The van der Waals surface area contributed by atoms with Crippen LogP contribution in [0.4, 0.5) is 5.82 Å². The number of hydrogen-bond acceptors (Lipinski definition) is 6. The normalized spacial score (nSPS) is 10.6. The third-order valence-electron chi connectivity index (χ3n) is 3.58. The molecule has 23 heavy (non-hydrogen) atoms. The van der Waals surface area contributed by atoms with Gasteiger partial charge in [-0.3, -0.25) is 0 Å². The summed E-state index contributed by atoms with van der Waals surface area (Å²) in [5.74, 6) is 1.47. The Bertz CT molecular complexity index is 809. The lowest BCUT2D eigenvalue weighted by Gasteiger charge is -2.10. The first-order valence-electron chi connectivity index (χ1n) is 7.15. The number of methoxy groups -OCH3 is 1. The first-order valence-corrected chi connectivity index (χ1v) is 7.15. The molecule has 0 radical (unpaired) electrons. The molecular formula is C16H16BN3O3. The van der Waals surface area contributed by atoms with Crippen molar-refractivity contribution in [3.8, 4) is 5.75 Å². The molecule has 0 saturated heterocycles. The minimum absolute atomic E-state index is 0.464. The highest BCUT2D eigenvalue weighted by atomic mass is 16.5. The quantitative estimate of drug-likeness (QED) is 0.608. The molecule has 0 spiro atoms. The largest absolute Gasteiger partial charge is 0.497 e. The van der Waals surface area contributed by atoms with E-state index in [1.54, 1.807) is 19.2 Å². The van der Waals surface area contributed by atoms with Gasteiger partial charge in [0.05, 0.1) is 12.6 Å². The summed E-state index contributed by atoms with van der Waals surface area (Å²) in [4.78, 5) is 8.53. The smallest absolute Gasteiger partial charge is 0.488 e. The molecular weight excluding hydrogens is 293 g/mol. The van der Waals surface area contributed by atoms with Crippen LogP contribution in [0.25, 0.3) is 10.9 Å². The molecule has 1 aromatic heterocycles. The summed E-state index contributed by atoms with van der Waals surface area (Å²) in [5.41, 5.74) is 2.30. The molecule has 0 unspecified atom stereocenters. The van der Waals surface area contributed by atoms with Gasteiger partial charge in [0.25, 0.3) is 0 Å². The van der Waals surface area contributed by atoms with Gasteiger partial charge in [-0.25, -0.2) is 9.97 Å². The van der Waals surface area contributed by atoms with E-state index in [-0.39, 0.29) is 0 Å². The number of rotatable bonds is 5. The van der Waals surface area contributed by atoms with E-state index in [0.29, 0.717) is 12.0 Å². The fourth-order valence-corrected chi connectivity index (χ4v) is 2.30. The summed E-state index contributed by atoms with van der Waals surface area (Å²) in [6.07, 6.45) is 1.52.